The first-order chi connectivity index (χ1) is 4.41. The van der Waals surface area contributed by atoms with Crippen molar-refractivity contribution in [2.24, 2.45) is 0 Å². The maximum atomic E-state index is 3.28. The molecule has 0 bridgehead atoms. The molecule has 0 atom stereocenters. The van der Waals surface area contributed by atoms with Crippen LogP contribution in [0.1, 0.15) is 6.92 Å². The van der Waals surface area contributed by atoms with Gasteiger partial charge in [0.15, 0.2) is 0 Å². The van der Waals surface area contributed by atoms with Crippen molar-refractivity contribution >= 4 is 11.8 Å². The molecule has 0 saturated carbocycles. The van der Waals surface area contributed by atoms with E-state index >= 15 is 0 Å². The van der Waals surface area contributed by atoms with E-state index in [4.69, 9.17) is 0 Å². The molecule has 54 valence electrons. The highest BCUT2D eigenvalue weighted by Gasteiger charge is 1.79. The van der Waals surface area contributed by atoms with Crippen LogP contribution in [-0.2, 0) is 0 Å². The van der Waals surface area contributed by atoms with Gasteiger partial charge in [-0.05, 0) is 13.2 Å². The Morgan fingerprint density at radius 2 is 2.33 bits per heavy atom. The molecular formula is C7H15NS. The fourth-order valence-electron chi connectivity index (χ4n) is 0.477. The molecule has 0 unspecified atom stereocenters. The predicted octanol–water partition coefficient (Wildman–Crippen LogP) is 1.52. The summed E-state index contributed by atoms with van der Waals surface area (Å²) < 4.78 is 0. The van der Waals surface area contributed by atoms with Crippen molar-refractivity contribution in [3.63, 3.8) is 0 Å². The van der Waals surface area contributed by atoms with Crippen molar-refractivity contribution < 1.29 is 0 Å². The van der Waals surface area contributed by atoms with E-state index in [-0.39, 0.29) is 0 Å². The third-order valence-electron chi connectivity index (χ3n) is 0.981. The van der Waals surface area contributed by atoms with Crippen LogP contribution in [0, 0.1) is 0 Å². The molecule has 0 spiro atoms. The van der Waals surface area contributed by atoms with Crippen molar-refractivity contribution in [1.29, 1.82) is 0 Å². The molecule has 0 rings (SSSR count). The van der Waals surface area contributed by atoms with Gasteiger partial charge in [-0.1, -0.05) is 12.2 Å². The lowest BCUT2D eigenvalue weighted by Gasteiger charge is -1.96. The lowest BCUT2D eigenvalue weighted by Crippen LogP contribution is -2.16. The normalized spacial score (nSPS) is 10.9. The van der Waals surface area contributed by atoms with Gasteiger partial charge in [0.25, 0.3) is 0 Å². The third-order valence-corrected chi connectivity index (χ3v) is 1.59. The second-order valence-electron chi connectivity index (χ2n) is 1.77. The maximum absolute atomic E-state index is 3.28. The topological polar surface area (TPSA) is 12.0 Å². The summed E-state index contributed by atoms with van der Waals surface area (Å²) in [5.41, 5.74) is 0. The number of rotatable bonds is 5. The molecule has 0 radical (unpaired) electrons. The van der Waals surface area contributed by atoms with E-state index in [1.54, 1.807) is 0 Å². The van der Waals surface area contributed by atoms with Crippen molar-refractivity contribution in [2.45, 2.75) is 6.92 Å². The summed E-state index contributed by atoms with van der Waals surface area (Å²) in [6.07, 6.45) is 6.31. The lowest BCUT2D eigenvalue weighted by molar-refractivity contribution is 0.806. The first kappa shape index (κ1) is 9.05. The number of hydrogen-bond donors (Lipinski definition) is 1. The minimum absolute atomic E-state index is 1.01. The molecule has 9 heavy (non-hydrogen) atoms. The molecule has 0 saturated heterocycles. The van der Waals surface area contributed by atoms with Gasteiger partial charge >= 0.3 is 0 Å². The Balaban J connectivity index is 2.75. The largest absolute Gasteiger partial charge is 0.312 e. The molecule has 0 amide bonds. The zero-order valence-electron chi connectivity index (χ0n) is 6.18. The van der Waals surface area contributed by atoms with Gasteiger partial charge in [-0.2, -0.15) is 11.8 Å². The van der Waals surface area contributed by atoms with Gasteiger partial charge in [-0.3, -0.25) is 0 Å². The van der Waals surface area contributed by atoms with Gasteiger partial charge in [0.05, 0.1) is 0 Å². The van der Waals surface area contributed by atoms with Crippen molar-refractivity contribution in [3.8, 4) is 0 Å². The van der Waals surface area contributed by atoms with E-state index in [1.807, 2.05) is 18.7 Å². The Morgan fingerprint density at radius 1 is 1.56 bits per heavy atom. The van der Waals surface area contributed by atoms with Crippen LogP contribution in [0.2, 0.25) is 0 Å². The molecule has 1 N–H and O–H groups in total. The quantitative estimate of drug-likeness (QED) is 0.465. The Hall–Kier alpha value is 0.0500. The molecule has 0 heterocycles. The summed E-state index contributed by atoms with van der Waals surface area (Å²) in [6, 6.07) is 0. The number of nitrogens with one attached hydrogen (secondary N) is 1. The predicted molar refractivity (Wildman–Crippen MR) is 46.1 cm³/mol. The average molecular weight is 145 g/mol. The van der Waals surface area contributed by atoms with E-state index in [1.165, 1.54) is 5.75 Å². The number of thioether (sulfide) groups is 1. The molecule has 0 aliphatic carbocycles. The smallest absolute Gasteiger partial charge is 0.0135 e. The molecule has 0 fully saturated rings. The summed E-state index contributed by atoms with van der Waals surface area (Å²) in [5.74, 6) is 1.21. The van der Waals surface area contributed by atoms with E-state index in [2.05, 4.69) is 23.7 Å². The van der Waals surface area contributed by atoms with E-state index in [9.17, 15) is 0 Å². The molecule has 0 aromatic rings. The summed E-state index contributed by atoms with van der Waals surface area (Å²) in [6.45, 7) is 4.17. The summed E-state index contributed by atoms with van der Waals surface area (Å²) in [5, 5.41) is 3.28. The van der Waals surface area contributed by atoms with Crippen LogP contribution >= 0.6 is 11.8 Å². The highest BCUT2D eigenvalue weighted by atomic mass is 32.2. The molecule has 0 aromatic heterocycles. The maximum Gasteiger partial charge on any atom is 0.0135 e. The SMILES string of the molecule is C/C=C/CNCCSC. The van der Waals surface area contributed by atoms with Crippen LogP contribution in [-0.4, -0.2) is 25.1 Å². The second-order valence-corrected chi connectivity index (χ2v) is 2.75. The van der Waals surface area contributed by atoms with Gasteiger partial charge in [-0.15, -0.1) is 0 Å². The zero-order chi connectivity index (χ0) is 6.95. The first-order valence-corrected chi connectivity index (χ1v) is 4.62. The zero-order valence-corrected chi connectivity index (χ0v) is 7.00. The minimum atomic E-state index is 1.01. The van der Waals surface area contributed by atoms with Gasteiger partial charge in [-0.25, -0.2) is 0 Å². The van der Waals surface area contributed by atoms with Gasteiger partial charge in [0, 0.05) is 18.8 Å². The highest BCUT2D eigenvalue weighted by molar-refractivity contribution is 7.98. The standard InChI is InChI=1S/C7H15NS/c1-3-4-5-8-6-7-9-2/h3-4,8H,5-7H2,1-2H3/b4-3+. The fourth-order valence-corrected chi connectivity index (χ4v) is 0.826. The Labute approximate surface area is 61.9 Å². The molecule has 0 aliphatic heterocycles. The third kappa shape index (κ3) is 8.05. The Morgan fingerprint density at radius 3 is 2.89 bits per heavy atom. The van der Waals surface area contributed by atoms with Crippen LogP contribution in [0.3, 0.4) is 0 Å². The number of allylic oxidation sites excluding steroid dienone is 1. The monoisotopic (exact) mass is 145 g/mol. The highest BCUT2D eigenvalue weighted by Crippen LogP contribution is 1.86. The van der Waals surface area contributed by atoms with Crippen LogP contribution < -0.4 is 5.32 Å². The molecule has 1 nitrogen and oxygen atoms in total. The molecule has 2 heteroatoms. The average Bonchev–Trinajstić information content (AvgIpc) is 1.89. The van der Waals surface area contributed by atoms with E-state index in [0.717, 1.165) is 13.1 Å². The number of hydrogen-bond acceptors (Lipinski definition) is 2. The summed E-state index contributed by atoms with van der Waals surface area (Å²) >= 11 is 1.87. The van der Waals surface area contributed by atoms with Crippen LogP contribution in [0.15, 0.2) is 12.2 Å². The van der Waals surface area contributed by atoms with Crippen molar-refractivity contribution in [2.75, 3.05) is 25.1 Å². The Bertz CT molecular complexity index is 71.3. The summed E-state index contributed by atoms with van der Waals surface area (Å²) in [7, 11) is 0. The van der Waals surface area contributed by atoms with Crippen LogP contribution in [0.5, 0.6) is 0 Å². The van der Waals surface area contributed by atoms with Gasteiger partial charge < -0.3 is 5.32 Å². The van der Waals surface area contributed by atoms with Crippen molar-refractivity contribution in [1.82, 2.24) is 5.32 Å². The summed E-state index contributed by atoms with van der Waals surface area (Å²) in [4.78, 5) is 0. The minimum Gasteiger partial charge on any atom is -0.312 e. The molecule has 0 aliphatic rings. The van der Waals surface area contributed by atoms with Crippen molar-refractivity contribution in [3.05, 3.63) is 12.2 Å². The van der Waals surface area contributed by atoms with Gasteiger partial charge in [0.2, 0.25) is 0 Å². The molecular weight excluding hydrogens is 130 g/mol. The van der Waals surface area contributed by atoms with E-state index < -0.39 is 0 Å². The van der Waals surface area contributed by atoms with Gasteiger partial charge in [0.1, 0.15) is 0 Å². The second kappa shape index (κ2) is 8.05. The van der Waals surface area contributed by atoms with Crippen LogP contribution in [0.4, 0.5) is 0 Å². The Kier molecular flexibility index (Phi) is 8.09. The molecule has 0 aromatic carbocycles. The lowest BCUT2D eigenvalue weighted by atomic mass is 10.5. The van der Waals surface area contributed by atoms with Crippen LogP contribution in [0.25, 0.3) is 0 Å². The first-order valence-electron chi connectivity index (χ1n) is 3.22. The van der Waals surface area contributed by atoms with E-state index in [0.29, 0.717) is 0 Å². The fraction of sp³-hybridized carbons (Fsp3) is 0.714.